The van der Waals surface area contributed by atoms with Crippen molar-refractivity contribution in [2.75, 3.05) is 5.32 Å². The second-order valence-electron chi connectivity index (χ2n) is 9.12. The summed E-state index contributed by atoms with van der Waals surface area (Å²) in [4.78, 5) is 31.4. The molecule has 0 aliphatic heterocycles. The first-order valence-corrected chi connectivity index (χ1v) is 11.2. The van der Waals surface area contributed by atoms with E-state index in [1.54, 1.807) is 6.92 Å². The zero-order chi connectivity index (χ0) is 23.6. The van der Waals surface area contributed by atoms with E-state index in [1.807, 2.05) is 44.2 Å². The molecule has 5 rings (SSSR count). The molecule has 0 atom stereocenters. The van der Waals surface area contributed by atoms with Gasteiger partial charge in [-0.15, -0.1) is 0 Å². The van der Waals surface area contributed by atoms with E-state index in [4.69, 9.17) is 4.98 Å². The van der Waals surface area contributed by atoms with Crippen LogP contribution in [-0.4, -0.2) is 16.6 Å². The molecule has 0 unspecified atom stereocenters. The second kappa shape index (κ2) is 7.38. The molecule has 1 heterocycles. The Morgan fingerprint density at radius 2 is 1.48 bits per heavy atom. The molecule has 33 heavy (non-hydrogen) atoms. The number of ketones is 2. The van der Waals surface area contributed by atoms with Crippen molar-refractivity contribution in [3.8, 4) is 11.1 Å². The zero-order valence-electron chi connectivity index (χ0n) is 19.8. The van der Waals surface area contributed by atoms with Gasteiger partial charge < -0.3 is 5.32 Å². The van der Waals surface area contributed by atoms with Crippen LogP contribution in [0.2, 0.25) is 0 Å². The van der Waals surface area contributed by atoms with Gasteiger partial charge in [-0.25, -0.2) is 0 Å². The Hall–Kier alpha value is -3.79. The minimum atomic E-state index is -0.0480. The highest BCUT2D eigenvalue weighted by Gasteiger charge is 2.32. The largest absolute Gasteiger partial charge is 0.354 e. The van der Waals surface area contributed by atoms with E-state index in [1.165, 1.54) is 5.56 Å². The molecule has 0 radical (unpaired) electrons. The number of fused-ring (bicyclic) bond motifs is 2. The Labute approximate surface area is 193 Å². The molecule has 0 saturated heterocycles. The summed E-state index contributed by atoms with van der Waals surface area (Å²) in [5, 5.41) is 4.34. The van der Waals surface area contributed by atoms with Crippen LogP contribution in [0.25, 0.3) is 22.0 Å². The summed E-state index contributed by atoms with van der Waals surface area (Å²) < 4.78 is 0. The summed E-state index contributed by atoms with van der Waals surface area (Å²) in [5.74, 6) is -0.0959. The van der Waals surface area contributed by atoms with Crippen LogP contribution in [0.5, 0.6) is 0 Å². The maximum absolute atomic E-state index is 13.9. The minimum absolute atomic E-state index is 0.0479. The van der Waals surface area contributed by atoms with E-state index in [-0.39, 0.29) is 11.6 Å². The van der Waals surface area contributed by atoms with Crippen molar-refractivity contribution in [1.29, 1.82) is 0 Å². The van der Waals surface area contributed by atoms with Crippen molar-refractivity contribution in [3.63, 3.8) is 0 Å². The molecule has 0 bridgehead atoms. The summed E-state index contributed by atoms with van der Waals surface area (Å²) in [6, 6.07) is 13.8. The van der Waals surface area contributed by atoms with Crippen LogP contribution in [-0.2, 0) is 0 Å². The molecule has 4 nitrogen and oxygen atoms in total. The quantitative estimate of drug-likeness (QED) is 0.313. The summed E-state index contributed by atoms with van der Waals surface area (Å²) in [5.41, 5.74) is 11.0. The Bertz CT molecular complexity index is 1510. The SMILES string of the molecule is CC(=O)c1c(C)nc2c(C)cc(Nc3c(C)cc(C)cc3C)c3c2c1-c1ccccc1C3=O. The van der Waals surface area contributed by atoms with Crippen LogP contribution in [0.4, 0.5) is 11.4 Å². The number of nitrogens with one attached hydrogen (secondary N) is 1. The molecule has 1 N–H and O–H groups in total. The van der Waals surface area contributed by atoms with Gasteiger partial charge in [0.2, 0.25) is 0 Å². The third kappa shape index (κ3) is 3.09. The molecule has 4 heteroatoms. The number of hydrogen-bond acceptors (Lipinski definition) is 4. The zero-order valence-corrected chi connectivity index (χ0v) is 19.8. The molecule has 3 aromatic carbocycles. The maximum Gasteiger partial charge on any atom is 0.196 e. The number of carbonyl (C=O) groups is 2. The van der Waals surface area contributed by atoms with E-state index >= 15 is 0 Å². The molecule has 1 aliphatic rings. The monoisotopic (exact) mass is 434 g/mol. The predicted molar refractivity (Wildman–Crippen MR) is 134 cm³/mol. The number of anilines is 2. The third-order valence-electron chi connectivity index (χ3n) is 6.59. The predicted octanol–water partition coefficient (Wildman–Crippen LogP) is 6.93. The molecule has 0 spiro atoms. The summed E-state index contributed by atoms with van der Waals surface area (Å²) in [6.07, 6.45) is 0. The first-order chi connectivity index (χ1) is 15.7. The molecule has 1 aliphatic carbocycles. The number of nitrogens with zero attached hydrogens (tertiary/aromatic N) is 1. The van der Waals surface area contributed by atoms with Gasteiger partial charge in [0.1, 0.15) is 0 Å². The Balaban J connectivity index is 1.92. The Morgan fingerprint density at radius 3 is 2.12 bits per heavy atom. The highest BCUT2D eigenvalue weighted by Crippen LogP contribution is 2.46. The number of carbonyl (C=O) groups excluding carboxylic acids is 2. The van der Waals surface area contributed by atoms with Crippen LogP contribution >= 0.6 is 0 Å². The lowest BCUT2D eigenvalue weighted by Gasteiger charge is -2.26. The summed E-state index contributed by atoms with van der Waals surface area (Å²) >= 11 is 0. The van der Waals surface area contributed by atoms with Crippen LogP contribution in [0.1, 0.15) is 61.2 Å². The van der Waals surface area contributed by atoms with E-state index in [2.05, 4.69) is 38.2 Å². The summed E-state index contributed by atoms with van der Waals surface area (Å²) in [6.45, 7) is 11.7. The number of Topliss-reactive ketones (excluding diaryl/α,β-unsaturated/α-hetero) is 1. The molecule has 0 fully saturated rings. The highest BCUT2D eigenvalue weighted by molar-refractivity contribution is 6.30. The molecule has 4 aromatic rings. The van der Waals surface area contributed by atoms with Gasteiger partial charge in [0, 0.05) is 33.5 Å². The molecule has 1 aromatic heterocycles. The van der Waals surface area contributed by atoms with E-state index in [0.717, 1.165) is 50.1 Å². The van der Waals surface area contributed by atoms with Crippen molar-refractivity contribution >= 4 is 33.8 Å². The van der Waals surface area contributed by atoms with Crippen LogP contribution in [0.15, 0.2) is 42.5 Å². The number of hydrogen-bond donors (Lipinski definition) is 1. The lowest BCUT2D eigenvalue weighted by Crippen LogP contribution is -2.17. The number of aryl methyl sites for hydroxylation is 5. The highest BCUT2D eigenvalue weighted by atomic mass is 16.1. The smallest absolute Gasteiger partial charge is 0.196 e. The second-order valence-corrected chi connectivity index (χ2v) is 9.12. The topological polar surface area (TPSA) is 59.1 Å². The normalized spacial score (nSPS) is 12.1. The van der Waals surface area contributed by atoms with Crippen LogP contribution < -0.4 is 5.32 Å². The lowest BCUT2D eigenvalue weighted by atomic mass is 9.79. The van der Waals surface area contributed by atoms with Gasteiger partial charge in [-0.3, -0.25) is 14.6 Å². The van der Waals surface area contributed by atoms with Crippen molar-refractivity contribution in [1.82, 2.24) is 4.98 Å². The summed E-state index contributed by atoms with van der Waals surface area (Å²) in [7, 11) is 0. The fraction of sp³-hybridized carbons (Fsp3) is 0.207. The van der Waals surface area contributed by atoms with Crippen molar-refractivity contribution in [2.24, 2.45) is 0 Å². The van der Waals surface area contributed by atoms with Gasteiger partial charge in [-0.05, 0) is 69.9 Å². The maximum atomic E-state index is 13.9. The first kappa shape index (κ1) is 21.1. The number of rotatable bonds is 3. The van der Waals surface area contributed by atoms with Gasteiger partial charge in [-0.1, -0.05) is 42.0 Å². The van der Waals surface area contributed by atoms with Gasteiger partial charge in [0.15, 0.2) is 11.6 Å². The average molecular weight is 435 g/mol. The average Bonchev–Trinajstić information content (AvgIpc) is 2.75. The van der Waals surface area contributed by atoms with E-state index in [9.17, 15) is 9.59 Å². The standard InChI is InChI=1S/C29H26N2O2/c1-14-11-15(2)27(16(3)12-14)31-22-13-17(4)28-26-24(23(19(6)32)18(5)30-28)20-9-7-8-10-21(20)29(33)25(22)26/h7-13,31H,1-6H3. The minimum Gasteiger partial charge on any atom is -0.354 e. The molecule has 0 amide bonds. The van der Waals surface area contributed by atoms with Crippen LogP contribution in [0.3, 0.4) is 0 Å². The molecular formula is C29H26N2O2. The van der Waals surface area contributed by atoms with Gasteiger partial charge >= 0.3 is 0 Å². The molecule has 164 valence electrons. The van der Waals surface area contributed by atoms with Gasteiger partial charge in [0.25, 0.3) is 0 Å². The Kier molecular flexibility index (Phi) is 4.71. The fourth-order valence-corrected chi connectivity index (χ4v) is 5.30. The number of pyridine rings is 1. The van der Waals surface area contributed by atoms with Crippen molar-refractivity contribution < 1.29 is 9.59 Å². The number of aromatic nitrogens is 1. The van der Waals surface area contributed by atoms with Gasteiger partial charge in [0.05, 0.1) is 16.8 Å². The molecule has 0 saturated carbocycles. The third-order valence-corrected chi connectivity index (χ3v) is 6.59. The van der Waals surface area contributed by atoms with Gasteiger partial charge in [-0.2, -0.15) is 0 Å². The van der Waals surface area contributed by atoms with Crippen LogP contribution in [0, 0.1) is 34.6 Å². The first-order valence-electron chi connectivity index (χ1n) is 11.2. The lowest BCUT2D eigenvalue weighted by molar-refractivity contribution is 0.101. The van der Waals surface area contributed by atoms with Crippen molar-refractivity contribution in [3.05, 3.63) is 87.1 Å². The fourth-order valence-electron chi connectivity index (χ4n) is 5.30. The van der Waals surface area contributed by atoms with E-state index in [0.29, 0.717) is 22.4 Å². The molecular weight excluding hydrogens is 408 g/mol. The van der Waals surface area contributed by atoms with E-state index < -0.39 is 0 Å². The number of benzene rings is 3. The Morgan fingerprint density at radius 1 is 0.848 bits per heavy atom. The van der Waals surface area contributed by atoms with Crippen molar-refractivity contribution in [2.45, 2.75) is 41.5 Å².